The third kappa shape index (κ3) is 3.67. The molecule has 0 aliphatic rings. The second-order valence-electron chi connectivity index (χ2n) is 2.50. The Hall–Kier alpha value is -1.21. The van der Waals surface area contributed by atoms with E-state index in [9.17, 15) is 16.8 Å². The fourth-order valence-electron chi connectivity index (χ4n) is 0.904. The van der Waals surface area contributed by atoms with Gasteiger partial charge in [-0.25, -0.2) is 8.42 Å². The molecule has 0 aromatic heterocycles. The molecular weight excluding hydrogens is 226 g/mol. The molecule has 5 nitrogen and oxygen atoms in total. The number of rotatable bonds is 3. The minimum Gasteiger partial charge on any atom is -0.203 e. The number of benzene rings is 1. The highest BCUT2D eigenvalue weighted by Crippen LogP contribution is 2.06. The van der Waals surface area contributed by atoms with Gasteiger partial charge in [0.25, 0.3) is 10.0 Å². The smallest absolute Gasteiger partial charge is 0.203 e. The van der Waals surface area contributed by atoms with Gasteiger partial charge in [0, 0.05) is 0 Å². The van der Waals surface area contributed by atoms with Crippen LogP contribution in [0.3, 0.4) is 0 Å². The average molecular weight is 233 g/mol. The first kappa shape index (κ1) is 10.9. The standard InChI is InChI=1S/C7H7NO4S2/c9-13(10)8-14(11,12)6-7-4-2-1-3-5-7/h1-5H,6H2. The molecule has 0 fully saturated rings. The summed E-state index contributed by atoms with van der Waals surface area (Å²) in [5.74, 6) is -0.401. The molecule has 7 heteroatoms. The van der Waals surface area contributed by atoms with Crippen molar-refractivity contribution < 1.29 is 16.8 Å². The van der Waals surface area contributed by atoms with E-state index in [0.29, 0.717) is 5.56 Å². The van der Waals surface area contributed by atoms with E-state index in [1.54, 1.807) is 30.3 Å². The Bertz CT molecular complexity index is 522. The van der Waals surface area contributed by atoms with Crippen molar-refractivity contribution in [2.24, 2.45) is 3.77 Å². The van der Waals surface area contributed by atoms with Crippen LogP contribution in [0.2, 0.25) is 0 Å². The van der Waals surface area contributed by atoms with Gasteiger partial charge in [-0.1, -0.05) is 30.3 Å². The van der Waals surface area contributed by atoms with Crippen LogP contribution in [0.15, 0.2) is 34.1 Å². The summed E-state index contributed by atoms with van der Waals surface area (Å²) in [4.78, 5) is 0. The highest BCUT2D eigenvalue weighted by atomic mass is 32.2. The zero-order chi connectivity index (χ0) is 10.6. The lowest BCUT2D eigenvalue weighted by Crippen LogP contribution is -1.99. The van der Waals surface area contributed by atoms with Crippen LogP contribution in [0.25, 0.3) is 0 Å². The Morgan fingerprint density at radius 1 is 1.14 bits per heavy atom. The SMILES string of the molecule is O=S(=O)=NS(=O)(=O)Cc1ccccc1. The number of hydrogen-bond acceptors (Lipinski definition) is 4. The predicted molar refractivity (Wildman–Crippen MR) is 50.4 cm³/mol. The zero-order valence-electron chi connectivity index (χ0n) is 6.99. The first-order valence-corrected chi connectivity index (χ1v) is 6.23. The van der Waals surface area contributed by atoms with Crippen molar-refractivity contribution in [3.8, 4) is 0 Å². The summed E-state index contributed by atoms with van der Waals surface area (Å²) in [7, 11) is -6.84. The van der Waals surface area contributed by atoms with Crippen molar-refractivity contribution in [3.05, 3.63) is 35.9 Å². The Morgan fingerprint density at radius 2 is 1.71 bits per heavy atom. The molecule has 0 unspecified atom stereocenters. The predicted octanol–water partition coefficient (Wildman–Crippen LogP) is 0.579. The van der Waals surface area contributed by atoms with Gasteiger partial charge in [-0.05, 0) is 9.33 Å². The van der Waals surface area contributed by atoms with Gasteiger partial charge in [0.1, 0.15) is 0 Å². The summed E-state index contributed by atoms with van der Waals surface area (Å²) >= 11 is 0. The monoisotopic (exact) mass is 233 g/mol. The number of sulfonamides is 1. The van der Waals surface area contributed by atoms with Crippen molar-refractivity contribution in [1.82, 2.24) is 0 Å². The van der Waals surface area contributed by atoms with Gasteiger partial charge in [-0.2, -0.15) is 8.42 Å². The molecule has 0 radical (unpaired) electrons. The maximum absolute atomic E-state index is 11.1. The molecule has 0 bridgehead atoms. The van der Waals surface area contributed by atoms with Gasteiger partial charge in [-0.15, -0.1) is 0 Å². The summed E-state index contributed by atoms with van der Waals surface area (Å²) in [6, 6.07) is 8.23. The Kier molecular flexibility index (Phi) is 3.37. The molecule has 0 saturated carbocycles. The molecule has 0 atom stereocenters. The van der Waals surface area contributed by atoms with Crippen LogP contribution in [0.1, 0.15) is 5.56 Å². The minimum atomic E-state index is -3.92. The van der Waals surface area contributed by atoms with Crippen LogP contribution in [0.5, 0.6) is 0 Å². The molecule has 0 saturated heterocycles. The van der Waals surface area contributed by atoms with E-state index < -0.39 is 26.3 Å². The van der Waals surface area contributed by atoms with Crippen molar-refractivity contribution in [2.45, 2.75) is 5.75 Å². The van der Waals surface area contributed by atoms with E-state index in [1.807, 2.05) is 0 Å². The molecule has 76 valence electrons. The largest absolute Gasteiger partial charge is 0.326 e. The fraction of sp³-hybridized carbons (Fsp3) is 0.143. The topological polar surface area (TPSA) is 80.6 Å². The van der Waals surface area contributed by atoms with E-state index in [0.717, 1.165) is 0 Å². The maximum atomic E-state index is 11.1. The second kappa shape index (κ2) is 4.34. The van der Waals surface area contributed by atoms with Crippen LogP contribution in [0.4, 0.5) is 0 Å². The summed E-state index contributed by atoms with van der Waals surface area (Å²) in [5.41, 5.74) is 0.502. The zero-order valence-corrected chi connectivity index (χ0v) is 8.62. The molecule has 14 heavy (non-hydrogen) atoms. The molecule has 1 aromatic carbocycles. The van der Waals surface area contributed by atoms with E-state index in [4.69, 9.17) is 0 Å². The van der Waals surface area contributed by atoms with Gasteiger partial charge in [0.05, 0.1) is 5.75 Å². The van der Waals surface area contributed by atoms with Gasteiger partial charge in [-0.3, -0.25) is 0 Å². The van der Waals surface area contributed by atoms with Gasteiger partial charge in [0.15, 0.2) is 0 Å². The third-order valence-corrected chi connectivity index (χ3v) is 3.46. The van der Waals surface area contributed by atoms with Gasteiger partial charge >= 0.3 is 10.5 Å². The summed E-state index contributed by atoms with van der Waals surface area (Å²) in [6.45, 7) is 0. The highest BCUT2D eigenvalue weighted by Gasteiger charge is 2.09. The lowest BCUT2D eigenvalue weighted by Gasteiger charge is -1.95. The van der Waals surface area contributed by atoms with E-state index >= 15 is 0 Å². The first-order chi connectivity index (χ1) is 6.49. The van der Waals surface area contributed by atoms with Crippen molar-refractivity contribution in [2.75, 3.05) is 0 Å². The molecule has 1 aromatic rings. The van der Waals surface area contributed by atoms with Crippen LogP contribution >= 0.6 is 0 Å². The Morgan fingerprint density at radius 3 is 2.21 bits per heavy atom. The molecule has 0 aliphatic carbocycles. The van der Waals surface area contributed by atoms with Crippen molar-refractivity contribution in [1.29, 1.82) is 0 Å². The molecular formula is C7H7NO4S2. The molecule has 1 rings (SSSR count). The lowest BCUT2D eigenvalue weighted by molar-refractivity contribution is 0.595. The molecule has 0 spiro atoms. The van der Waals surface area contributed by atoms with Crippen molar-refractivity contribution in [3.63, 3.8) is 0 Å². The summed E-state index contributed by atoms with van der Waals surface area (Å²) in [5, 5.41) is 0. The van der Waals surface area contributed by atoms with Crippen molar-refractivity contribution >= 4 is 20.5 Å². The van der Waals surface area contributed by atoms with E-state index in [1.165, 1.54) is 0 Å². The fourth-order valence-corrected chi connectivity index (χ4v) is 2.47. The van der Waals surface area contributed by atoms with Crippen LogP contribution in [0, 0.1) is 0 Å². The Balaban J connectivity index is 2.96. The third-order valence-electron chi connectivity index (χ3n) is 1.37. The molecule has 0 heterocycles. The van der Waals surface area contributed by atoms with Crippen LogP contribution in [-0.4, -0.2) is 16.8 Å². The van der Waals surface area contributed by atoms with Gasteiger partial charge < -0.3 is 0 Å². The lowest BCUT2D eigenvalue weighted by atomic mass is 10.2. The molecule has 0 aliphatic heterocycles. The minimum absolute atomic E-state index is 0.401. The number of hydrogen-bond donors (Lipinski definition) is 0. The molecule has 0 amide bonds. The second-order valence-corrected chi connectivity index (χ2v) is 4.99. The average Bonchev–Trinajstić information content (AvgIpc) is 2.02. The van der Waals surface area contributed by atoms with Crippen LogP contribution < -0.4 is 0 Å². The maximum Gasteiger partial charge on any atom is 0.326 e. The number of nitrogens with zero attached hydrogens (tertiary/aromatic N) is 1. The summed E-state index contributed by atoms with van der Waals surface area (Å²) < 4.78 is 44.8. The highest BCUT2D eigenvalue weighted by molar-refractivity contribution is 7.93. The van der Waals surface area contributed by atoms with Crippen LogP contribution in [-0.2, 0) is 26.3 Å². The van der Waals surface area contributed by atoms with E-state index in [2.05, 4.69) is 3.77 Å². The van der Waals surface area contributed by atoms with E-state index in [-0.39, 0.29) is 0 Å². The molecule has 0 N–H and O–H groups in total. The summed E-state index contributed by atoms with van der Waals surface area (Å²) in [6.07, 6.45) is 0. The normalized spacial score (nSPS) is 10.9. The van der Waals surface area contributed by atoms with Gasteiger partial charge in [0.2, 0.25) is 0 Å². The quantitative estimate of drug-likeness (QED) is 0.764. The first-order valence-electron chi connectivity index (χ1n) is 3.58. The Labute approximate surface area is 83.2 Å².